The summed E-state index contributed by atoms with van der Waals surface area (Å²) in [4.78, 5) is 24.0. The van der Waals surface area contributed by atoms with Gasteiger partial charge in [0.05, 0.1) is 0 Å². The molecule has 0 heterocycles. The average molecular weight is 499 g/mol. The standard InChI is InChI=1S/C32H50O4/c1-19(2)20(3)9-10-21(4)27-13-14-28-26-12-11-24-17-25(35-22(5)33)15-16-31(24,7)30(26)29(36-23(6)34)18-32(27,28)8/h9-10,19-21,24-28H,11-18H2,1-8H3/b10-9+/t20-,21+,24-,25+,26+,27-,28-,31-,32+/m0/s1. The van der Waals surface area contributed by atoms with Gasteiger partial charge < -0.3 is 9.47 Å². The second-order valence-electron chi connectivity index (χ2n) is 13.6. The Morgan fingerprint density at radius 3 is 2.31 bits per heavy atom. The van der Waals surface area contributed by atoms with Crippen molar-refractivity contribution in [1.82, 2.24) is 0 Å². The van der Waals surface area contributed by atoms with Gasteiger partial charge in [-0.1, -0.05) is 53.7 Å². The highest BCUT2D eigenvalue weighted by atomic mass is 16.5. The molecule has 3 fully saturated rings. The summed E-state index contributed by atoms with van der Waals surface area (Å²) in [5, 5.41) is 0. The van der Waals surface area contributed by atoms with Gasteiger partial charge in [0, 0.05) is 20.3 Å². The van der Waals surface area contributed by atoms with Crippen LogP contribution in [0.1, 0.15) is 107 Å². The van der Waals surface area contributed by atoms with Crippen LogP contribution in [0.3, 0.4) is 0 Å². The molecule has 202 valence electrons. The van der Waals surface area contributed by atoms with Gasteiger partial charge in [-0.15, -0.1) is 0 Å². The van der Waals surface area contributed by atoms with Crippen LogP contribution in [0.4, 0.5) is 0 Å². The van der Waals surface area contributed by atoms with Crippen LogP contribution in [0.25, 0.3) is 0 Å². The largest absolute Gasteiger partial charge is 0.463 e. The first-order chi connectivity index (χ1) is 16.9. The Morgan fingerprint density at radius 1 is 0.944 bits per heavy atom. The Hall–Kier alpha value is -1.58. The van der Waals surface area contributed by atoms with Gasteiger partial charge in [-0.3, -0.25) is 9.59 Å². The molecule has 0 aromatic rings. The van der Waals surface area contributed by atoms with Gasteiger partial charge in [-0.2, -0.15) is 0 Å². The van der Waals surface area contributed by atoms with E-state index in [0.717, 1.165) is 37.9 Å². The van der Waals surface area contributed by atoms with Gasteiger partial charge in [0.1, 0.15) is 11.9 Å². The van der Waals surface area contributed by atoms with Crippen molar-refractivity contribution < 1.29 is 19.1 Å². The van der Waals surface area contributed by atoms with E-state index in [1.165, 1.54) is 31.8 Å². The number of allylic oxidation sites excluding steroid dienone is 4. The molecule has 4 heteroatoms. The SMILES string of the molecule is CC(=O)OC1=C2[C@H](CC[C@H]3C[C@H](OC(C)=O)CC[C@]23C)[C@@H]2CC[C@@H]([C@H](C)/C=C/[C@H](C)C(C)C)[C@@]2(C)C1. The van der Waals surface area contributed by atoms with E-state index in [0.29, 0.717) is 41.4 Å². The van der Waals surface area contributed by atoms with Crippen molar-refractivity contribution >= 4 is 11.9 Å². The summed E-state index contributed by atoms with van der Waals surface area (Å²) in [6.07, 6.45) is 13.5. The highest BCUT2D eigenvalue weighted by molar-refractivity contribution is 5.67. The van der Waals surface area contributed by atoms with Crippen molar-refractivity contribution in [1.29, 1.82) is 0 Å². The Kier molecular flexibility index (Phi) is 7.85. The molecule has 0 amide bonds. The Labute approximate surface area is 219 Å². The normalized spacial score (nSPS) is 39.9. The van der Waals surface area contributed by atoms with Crippen molar-refractivity contribution in [3.63, 3.8) is 0 Å². The topological polar surface area (TPSA) is 52.6 Å². The zero-order valence-electron chi connectivity index (χ0n) is 24.1. The van der Waals surface area contributed by atoms with Crippen LogP contribution in [-0.4, -0.2) is 18.0 Å². The van der Waals surface area contributed by atoms with Crippen molar-refractivity contribution in [3.8, 4) is 0 Å². The maximum absolute atomic E-state index is 12.4. The van der Waals surface area contributed by atoms with Crippen LogP contribution in [0.2, 0.25) is 0 Å². The zero-order valence-corrected chi connectivity index (χ0v) is 24.1. The van der Waals surface area contributed by atoms with Crippen LogP contribution in [0.5, 0.6) is 0 Å². The number of hydrogen-bond acceptors (Lipinski definition) is 4. The Morgan fingerprint density at radius 2 is 1.67 bits per heavy atom. The molecule has 0 aromatic carbocycles. The fraction of sp³-hybridized carbons (Fsp3) is 0.812. The molecule has 0 N–H and O–H groups in total. The van der Waals surface area contributed by atoms with E-state index in [1.807, 2.05) is 0 Å². The number of hydrogen-bond donors (Lipinski definition) is 0. The summed E-state index contributed by atoms with van der Waals surface area (Å²) in [6, 6.07) is 0. The Balaban J connectivity index is 1.66. The number of rotatable bonds is 6. The lowest BCUT2D eigenvalue weighted by Gasteiger charge is -2.57. The highest BCUT2D eigenvalue weighted by Gasteiger charge is 2.60. The summed E-state index contributed by atoms with van der Waals surface area (Å²) >= 11 is 0. The van der Waals surface area contributed by atoms with Gasteiger partial charge in [0.25, 0.3) is 0 Å². The third kappa shape index (κ3) is 4.95. The smallest absolute Gasteiger partial charge is 0.307 e. The van der Waals surface area contributed by atoms with E-state index >= 15 is 0 Å². The predicted octanol–water partition coefficient (Wildman–Crippen LogP) is 7.87. The van der Waals surface area contributed by atoms with Crippen molar-refractivity contribution in [2.45, 2.75) is 113 Å². The van der Waals surface area contributed by atoms with Crippen LogP contribution < -0.4 is 0 Å². The molecule has 9 atom stereocenters. The van der Waals surface area contributed by atoms with Gasteiger partial charge in [0.15, 0.2) is 0 Å². The van der Waals surface area contributed by atoms with Gasteiger partial charge in [-0.05, 0) is 103 Å². The zero-order chi connectivity index (χ0) is 26.4. The van der Waals surface area contributed by atoms with Crippen LogP contribution in [0, 0.1) is 52.3 Å². The number of fused-ring (bicyclic) bond motifs is 5. The first-order valence-electron chi connectivity index (χ1n) is 14.6. The molecular formula is C32H50O4. The van der Waals surface area contributed by atoms with Gasteiger partial charge in [-0.25, -0.2) is 0 Å². The van der Waals surface area contributed by atoms with Crippen molar-refractivity contribution in [3.05, 3.63) is 23.5 Å². The molecule has 0 unspecified atom stereocenters. The van der Waals surface area contributed by atoms with Crippen molar-refractivity contribution in [2.24, 2.45) is 52.3 Å². The van der Waals surface area contributed by atoms with E-state index in [2.05, 4.69) is 53.7 Å². The molecule has 0 bridgehead atoms. The van der Waals surface area contributed by atoms with Crippen LogP contribution in [-0.2, 0) is 19.1 Å². The highest BCUT2D eigenvalue weighted by Crippen LogP contribution is 2.68. The molecule has 36 heavy (non-hydrogen) atoms. The molecule has 0 spiro atoms. The molecule has 0 saturated heterocycles. The number of ether oxygens (including phenoxy) is 2. The number of carbonyl (C=O) groups excluding carboxylic acids is 2. The lowest BCUT2D eigenvalue weighted by molar-refractivity contribution is -0.151. The van der Waals surface area contributed by atoms with E-state index in [1.54, 1.807) is 6.92 Å². The second kappa shape index (κ2) is 10.3. The minimum absolute atomic E-state index is 0.0282. The summed E-state index contributed by atoms with van der Waals surface area (Å²) in [7, 11) is 0. The van der Waals surface area contributed by atoms with E-state index in [9.17, 15) is 9.59 Å². The first kappa shape index (κ1) is 27.5. The fourth-order valence-corrected chi connectivity index (χ4v) is 8.86. The minimum atomic E-state index is -0.189. The quantitative estimate of drug-likeness (QED) is 0.276. The number of esters is 2. The summed E-state index contributed by atoms with van der Waals surface area (Å²) in [5.41, 5.74) is 1.64. The number of carbonyl (C=O) groups is 2. The maximum Gasteiger partial charge on any atom is 0.307 e. The lowest BCUT2D eigenvalue weighted by Crippen LogP contribution is -2.50. The van der Waals surface area contributed by atoms with E-state index in [4.69, 9.17) is 9.47 Å². The molecule has 4 aliphatic rings. The molecule has 0 aromatic heterocycles. The van der Waals surface area contributed by atoms with E-state index < -0.39 is 0 Å². The minimum Gasteiger partial charge on any atom is -0.463 e. The third-order valence-electron chi connectivity index (χ3n) is 11.1. The molecule has 4 nitrogen and oxygen atoms in total. The summed E-state index contributed by atoms with van der Waals surface area (Å²) in [5.74, 6) is 4.63. The second-order valence-corrected chi connectivity index (χ2v) is 13.6. The predicted molar refractivity (Wildman–Crippen MR) is 144 cm³/mol. The molecule has 0 aliphatic heterocycles. The molecule has 4 rings (SSSR count). The molecule has 0 radical (unpaired) electrons. The maximum atomic E-state index is 12.4. The molecular weight excluding hydrogens is 448 g/mol. The Bertz CT molecular complexity index is 915. The van der Waals surface area contributed by atoms with Gasteiger partial charge in [0.2, 0.25) is 0 Å². The third-order valence-corrected chi connectivity index (χ3v) is 11.1. The molecule has 4 aliphatic carbocycles. The molecule has 3 saturated carbocycles. The summed E-state index contributed by atoms with van der Waals surface area (Å²) in [6.45, 7) is 17.3. The van der Waals surface area contributed by atoms with Gasteiger partial charge >= 0.3 is 11.9 Å². The first-order valence-corrected chi connectivity index (χ1v) is 14.6. The average Bonchev–Trinajstić information content (AvgIpc) is 3.13. The van der Waals surface area contributed by atoms with Crippen LogP contribution >= 0.6 is 0 Å². The van der Waals surface area contributed by atoms with Crippen molar-refractivity contribution in [2.75, 3.05) is 0 Å². The monoisotopic (exact) mass is 498 g/mol. The van der Waals surface area contributed by atoms with Crippen LogP contribution in [0.15, 0.2) is 23.5 Å². The fourth-order valence-electron chi connectivity index (χ4n) is 8.86. The summed E-state index contributed by atoms with van der Waals surface area (Å²) < 4.78 is 11.8. The lowest BCUT2D eigenvalue weighted by atomic mass is 9.48. The van der Waals surface area contributed by atoms with E-state index in [-0.39, 0.29) is 28.9 Å².